The van der Waals surface area contributed by atoms with Gasteiger partial charge in [0.2, 0.25) is 5.91 Å². The molecule has 1 saturated heterocycles. The molecule has 3 fully saturated rings. The SMILES string of the molecule is O=C(CSc1nnc(C2CC2)n1C1CC1)N1CCN(Cc2ccccc2)CC1. The average molecular weight is 398 g/mol. The van der Waals surface area contributed by atoms with Crippen LogP contribution in [0.4, 0.5) is 0 Å². The number of carbonyl (C=O) groups is 1. The number of thioether (sulfide) groups is 1. The number of nitrogens with zero attached hydrogens (tertiary/aromatic N) is 5. The molecule has 0 N–H and O–H groups in total. The largest absolute Gasteiger partial charge is 0.339 e. The van der Waals surface area contributed by atoms with Gasteiger partial charge in [0.15, 0.2) is 5.16 Å². The van der Waals surface area contributed by atoms with Crippen LogP contribution in [0.5, 0.6) is 0 Å². The molecular formula is C21H27N5OS. The first-order chi connectivity index (χ1) is 13.8. The number of piperazine rings is 1. The zero-order valence-corrected chi connectivity index (χ0v) is 17.0. The molecule has 1 amide bonds. The molecule has 1 aliphatic heterocycles. The Kier molecular flexibility index (Phi) is 5.11. The van der Waals surface area contributed by atoms with Crippen molar-refractivity contribution in [2.75, 3.05) is 31.9 Å². The van der Waals surface area contributed by atoms with Gasteiger partial charge in [0.25, 0.3) is 0 Å². The fourth-order valence-corrected chi connectivity index (χ4v) is 4.81. The van der Waals surface area contributed by atoms with E-state index in [1.807, 2.05) is 4.90 Å². The van der Waals surface area contributed by atoms with Crippen molar-refractivity contribution >= 4 is 17.7 Å². The van der Waals surface area contributed by atoms with E-state index in [4.69, 9.17) is 0 Å². The summed E-state index contributed by atoms with van der Waals surface area (Å²) in [6, 6.07) is 11.1. The minimum absolute atomic E-state index is 0.225. The quantitative estimate of drug-likeness (QED) is 0.673. The van der Waals surface area contributed by atoms with Gasteiger partial charge in [0.1, 0.15) is 5.82 Å². The highest BCUT2D eigenvalue weighted by molar-refractivity contribution is 7.99. The lowest BCUT2D eigenvalue weighted by molar-refractivity contribution is -0.130. The number of rotatable bonds is 7. The zero-order valence-electron chi connectivity index (χ0n) is 16.2. The van der Waals surface area contributed by atoms with Crippen LogP contribution in [0, 0.1) is 0 Å². The molecule has 2 aromatic rings. The van der Waals surface area contributed by atoms with Crippen LogP contribution in [0.25, 0.3) is 0 Å². The molecule has 0 radical (unpaired) electrons. The van der Waals surface area contributed by atoms with Gasteiger partial charge in [0.05, 0.1) is 5.75 Å². The summed E-state index contributed by atoms with van der Waals surface area (Å²) < 4.78 is 2.33. The first kappa shape index (κ1) is 18.2. The van der Waals surface area contributed by atoms with Crippen molar-refractivity contribution in [2.24, 2.45) is 0 Å². The molecule has 148 valence electrons. The molecule has 0 atom stereocenters. The van der Waals surface area contributed by atoms with Crippen molar-refractivity contribution in [3.05, 3.63) is 41.7 Å². The predicted octanol–water partition coefficient (Wildman–Crippen LogP) is 2.93. The van der Waals surface area contributed by atoms with Gasteiger partial charge in [-0.1, -0.05) is 42.1 Å². The van der Waals surface area contributed by atoms with E-state index in [2.05, 4.69) is 50.0 Å². The van der Waals surface area contributed by atoms with Crippen molar-refractivity contribution in [1.29, 1.82) is 0 Å². The van der Waals surface area contributed by atoms with Gasteiger partial charge in [-0.3, -0.25) is 9.69 Å². The number of benzene rings is 1. The Morgan fingerprint density at radius 2 is 1.75 bits per heavy atom. The van der Waals surface area contributed by atoms with Crippen molar-refractivity contribution in [3.8, 4) is 0 Å². The summed E-state index contributed by atoms with van der Waals surface area (Å²) in [6.07, 6.45) is 4.93. The first-order valence-electron chi connectivity index (χ1n) is 10.4. The third-order valence-corrected chi connectivity index (χ3v) is 6.77. The van der Waals surface area contributed by atoms with E-state index in [9.17, 15) is 4.79 Å². The van der Waals surface area contributed by atoms with E-state index in [-0.39, 0.29) is 5.91 Å². The van der Waals surface area contributed by atoms with E-state index in [0.29, 0.717) is 17.7 Å². The van der Waals surface area contributed by atoms with E-state index >= 15 is 0 Å². The smallest absolute Gasteiger partial charge is 0.233 e. The van der Waals surface area contributed by atoms with Crippen molar-refractivity contribution in [3.63, 3.8) is 0 Å². The molecule has 0 bridgehead atoms. The van der Waals surface area contributed by atoms with E-state index in [1.54, 1.807) is 11.8 Å². The van der Waals surface area contributed by atoms with Gasteiger partial charge in [-0.05, 0) is 31.2 Å². The lowest BCUT2D eigenvalue weighted by Gasteiger charge is -2.34. The average Bonchev–Trinajstić information content (AvgIpc) is 3.66. The van der Waals surface area contributed by atoms with Crippen molar-refractivity contribution in [2.45, 2.75) is 49.3 Å². The van der Waals surface area contributed by atoms with E-state index in [0.717, 1.165) is 43.7 Å². The normalized spacial score (nSPS) is 20.5. The van der Waals surface area contributed by atoms with E-state index < -0.39 is 0 Å². The highest BCUT2D eigenvalue weighted by Gasteiger charge is 2.36. The molecule has 2 aliphatic carbocycles. The molecule has 0 unspecified atom stereocenters. The molecule has 2 heterocycles. The zero-order chi connectivity index (χ0) is 18.9. The van der Waals surface area contributed by atoms with Gasteiger partial charge < -0.3 is 9.47 Å². The molecule has 3 aliphatic rings. The summed E-state index contributed by atoms with van der Waals surface area (Å²) in [5.74, 6) is 2.46. The van der Waals surface area contributed by atoms with Crippen LogP contribution in [-0.2, 0) is 11.3 Å². The number of aromatic nitrogens is 3. The fourth-order valence-electron chi connectivity index (χ4n) is 3.90. The lowest BCUT2D eigenvalue weighted by atomic mass is 10.2. The van der Waals surface area contributed by atoms with Gasteiger partial charge in [-0.15, -0.1) is 10.2 Å². The molecule has 1 aromatic carbocycles. The lowest BCUT2D eigenvalue weighted by Crippen LogP contribution is -2.48. The molecule has 6 nitrogen and oxygen atoms in total. The highest BCUT2D eigenvalue weighted by Crippen LogP contribution is 2.46. The molecule has 0 spiro atoms. The Balaban J connectivity index is 1.12. The molecule has 2 saturated carbocycles. The van der Waals surface area contributed by atoms with Crippen LogP contribution in [0.2, 0.25) is 0 Å². The maximum Gasteiger partial charge on any atom is 0.233 e. The van der Waals surface area contributed by atoms with Crippen molar-refractivity contribution < 1.29 is 4.79 Å². The van der Waals surface area contributed by atoms with Crippen LogP contribution < -0.4 is 0 Å². The second-order valence-corrected chi connectivity index (χ2v) is 9.09. The molecule has 7 heteroatoms. The summed E-state index contributed by atoms with van der Waals surface area (Å²) in [5.41, 5.74) is 1.34. The monoisotopic (exact) mass is 397 g/mol. The number of amides is 1. The highest BCUT2D eigenvalue weighted by atomic mass is 32.2. The molecule has 1 aromatic heterocycles. The van der Waals surface area contributed by atoms with E-state index in [1.165, 1.54) is 31.2 Å². The Hall–Kier alpha value is -1.86. The second kappa shape index (κ2) is 7.87. The van der Waals surface area contributed by atoms with Gasteiger partial charge in [0, 0.05) is 44.7 Å². The Labute approximate surface area is 170 Å². The number of carbonyl (C=O) groups excluding carboxylic acids is 1. The maximum absolute atomic E-state index is 12.7. The minimum Gasteiger partial charge on any atom is -0.339 e. The topological polar surface area (TPSA) is 54.3 Å². The van der Waals surface area contributed by atoms with Gasteiger partial charge >= 0.3 is 0 Å². The number of hydrogen-bond donors (Lipinski definition) is 0. The maximum atomic E-state index is 12.7. The first-order valence-corrected chi connectivity index (χ1v) is 11.4. The van der Waals surface area contributed by atoms with Crippen LogP contribution in [0.15, 0.2) is 35.5 Å². The summed E-state index contributed by atoms with van der Waals surface area (Å²) in [5, 5.41) is 9.80. The Bertz CT molecular complexity index is 823. The third-order valence-electron chi connectivity index (χ3n) is 5.84. The summed E-state index contributed by atoms with van der Waals surface area (Å²) in [4.78, 5) is 17.2. The van der Waals surface area contributed by atoms with Crippen LogP contribution in [0.3, 0.4) is 0 Å². The van der Waals surface area contributed by atoms with Crippen LogP contribution >= 0.6 is 11.8 Å². The summed E-state index contributed by atoms with van der Waals surface area (Å²) in [7, 11) is 0. The number of hydrogen-bond acceptors (Lipinski definition) is 5. The van der Waals surface area contributed by atoms with Crippen LogP contribution in [-0.4, -0.2) is 62.4 Å². The third kappa shape index (κ3) is 4.10. The minimum atomic E-state index is 0.225. The van der Waals surface area contributed by atoms with Crippen LogP contribution in [0.1, 0.15) is 49.0 Å². The molecule has 28 heavy (non-hydrogen) atoms. The fraction of sp³-hybridized carbons (Fsp3) is 0.571. The van der Waals surface area contributed by atoms with Crippen molar-refractivity contribution in [1.82, 2.24) is 24.6 Å². The van der Waals surface area contributed by atoms with Gasteiger partial charge in [-0.25, -0.2) is 0 Å². The summed E-state index contributed by atoms with van der Waals surface area (Å²) >= 11 is 1.57. The molecular weight excluding hydrogens is 370 g/mol. The summed E-state index contributed by atoms with van der Waals surface area (Å²) in [6.45, 7) is 4.47. The predicted molar refractivity (Wildman–Crippen MR) is 109 cm³/mol. The van der Waals surface area contributed by atoms with Gasteiger partial charge in [-0.2, -0.15) is 0 Å². The molecule has 5 rings (SSSR count). The standard InChI is InChI=1S/C21H27N5OS/c27-19(25-12-10-24(11-13-25)14-16-4-2-1-3-5-16)15-28-21-23-22-20(17-6-7-17)26(21)18-8-9-18/h1-5,17-18H,6-15H2. The Morgan fingerprint density at radius 3 is 2.43 bits per heavy atom. The second-order valence-electron chi connectivity index (χ2n) is 8.15. The Morgan fingerprint density at radius 1 is 1.00 bits per heavy atom.